The summed E-state index contributed by atoms with van der Waals surface area (Å²) in [6.45, 7) is 5.40. The van der Waals surface area contributed by atoms with Gasteiger partial charge in [0.1, 0.15) is 5.82 Å². The lowest BCUT2D eigenvalue weighted by Gasteiger charge is -2.18. The van der Waals surface area contributed by atoms with Crippen molar-refractivity contribution < 1.29 is 0 Å². The molecular formula is C18H25N5O2. The molecule has 0 aromatic carbocycles. The molecule has 0 aliphatic carbocycles. The molecule has 2 aromatic rings. The molecule has 7 nitrogen and oxygen atoms in total. The lowest BCUT2D eigenvalue weighted by atomic mass is 10.1. The van der Waals surface area contributed by atoms with Crippen molar-refractivity contribution in [2.75, 3.05) is 25.0 Å². The summed E-state index contributed by atoms with van der Waals surface area (Å²) in [5.74, 6) is 1.44. The smallest absolute Gasteiger partial charge is 0.330 e. The molecule has 0 saturated carbocycles. The first kappa shape index (κ1) is 17.4. The molecular weight excluding hydrogens is 318 g/mol. The third-order valence-electron chi connectivity index (χ3n) is 4.84. The Kier molecular flexibility index (Phi) is 5.03. The highest BCUT2D eigenvalue weighted by atomic mass is 16.2. The summed E-state index contributed by atoms with van der Waals surface area (Å²) >= 11 is 0. The molecule has 0 amide bonds. The van der Waals surface area contributed by atoms with E-state index >= 15 is 0 Å². The van der Waals surface area contributed by atoms with E-state index in [9.17, 15) is 9.59 Å². The molecule has 7 heteroatoms. The highest BCUT2D eigenvalue weighted by molar-refractivity contribution is 5.35. The van der Waals surface area contributed by atoms with Gasteiger partial charge in [0.15, 0.2) is 0 Å². The molecule has 3 rings (SSSR count). The highest BCUT2D eigenvalue weighted by Crippen LogP contribution is 2.18. The van der Waals surface area contributed by atoms with Crippen LogP contribution in [0.5, 0.6) is 0 Å². The number of hydrogen-bond acceptors (Lipinski definition) is 5. The summed E-state index contributed by atoms with van der Waals surface area (Å²) in [7, 11) is 3.22. The predicted molar refractivity (Wildman–Crippen MR) is 97.8 cm³/mol. The molecule has 1 fully saturated rings. The van der Waals surface area contributed by atoms with Crippen LogP contribution in [0.1, 0.15) is 17.8 Å². The van der Waals surface area contributed by atoms with Gasteiger partial charge in [-0.25, -0.2) is 9.78 Å². The van der Waals surface area contributed by atoms with Crippen LogP contribution in [0, 0.1) is 12.8 Å². The van der Waals surface area contributed by atoms with Crippen LogP contribution in [0.4, 0.5) is 5.82 Å². The van der Waals surface area contributed by atoms with Crippen molar-refractivity contribution in [3.63, 3.8) is 0 Å². The standard InChI is InChI=1S/C18H25N5O2/c1-13-5-4-6-16(20-13)19-10-14-7-8-23(11-14)12-15-9-17(24)22(3)18(25)21(15)2/h4-6,9,14H,7-8,10-12H2,1-3H3,(H,19,20). The fraction of sp³-hybridized carbons (Fsp3) is 0.500. The van der Waals surface area contributed by atoms with Crippen LogP contribution in [0.15, 0.2) is 33.9 Å². The maximum atomic E-state index is 12.0. The molecule has 25 heavy (non-hydrogen) atoms. The molecule has 1 aliphatic heterocycles. The number of nitrogens with zero attached hydrogens (tertiary/aromatic N) is 4. The number of likely N-dealkylation sites (tertiary alicyclic amines) is 1. The molecule has 1 atom stereocenters. The van der Waals surface area contributed by atoms with Gasteiger partial charge in [0.2, 0.25) is 0 Å². The summed E-state index contributed by atoms with van der Waals surface area (Å²) in [5.41, 5.74) is 1.25. The average molecular weight is 343 g/mol. The van der Waals surface area contributed by atoms with Gasteiger partial charge >= 0.3 is 5.69 Å². The molecule has 3 heterocycles. The average Bonchev–Trinajstić information content (AvgIpc) is 3.03. The first-order valence-corrected chi connectivity index (χ1v) is 8.60. The van der Waals surface area contributed by atoms with Crippen molar-refractivity contribution in [2.24, 2.45) is 20.0 Å². The number of aryl methyl sites for hydroxylation is 1. The second kappa shape index (κ2) is 7.23. The largest absolute Gasteiger partial charge is 0.370 e. The number of aromatic nitrogens is 3. The van der Waals surface area contributed by atoms with Crippen molar-refractivity contribution in [3.8, 4) is 0 Å². The molecule has 0 radical (unpaired) electrons. The molecule has 0 bridgehead atoms. The fourth-order valence-electron chi connectivity index (χ4n) is 3.27. The van der Waals surface area contributed by atoms with E-state index in [1.807, 2.05) is 25.1 Å². The first-order valence-electron chi connectivity index (χ1n) is 8.60. The van der Waals surface area contributed by atoms with Gasteiger partial charge in [-0.3, -0.25) is 18.8 Å². The Bertz CT molecular complexity index is 871. The van der Waals surface area contributed by atoms with Gasteiger partial charge < -0.3 is 5.32 Å². The van der Waals surface area contributed by atoms with Crippen molar-refractivity contribution >= 4 is 5.82 Å². The monoisotopic (exact) mass is 343 g/mol. The molecule has 1 unspecified atom stereocenters. The Morgan fingerprint density at radius 1 is 1.24 bits per heavy atom. The lowest BCUT2D eigenvalue weighted by Crippen LogP contribution is -2.39. The van der Waals surface area contributed by atoms with Crippen molar-refractivity contribution in [2.45, 2.75) is 19.9 Å². The van der Waals surface area contributed by atoms with Gasteiger partial charge in [-0.2, -0.15) is 0 Å². The van der Waals surface area contributed by atoms with Gasteiger partial charge in [-0.15, -0.1) is 0 Å². The summed E-state index contributed by atoms with van der Waals surface area (Å²) in [6.07, 6.45) is 1.09. The van der Waals surface area contributed by atoms with Crippen LogP contribution < -0.4 is 16.6 Å². The molecule has 1 saturated heterocycles. The van der Waals surface area contributed by atoms with Gasteiger partial charge in [0.05, 0.1) is 0 Å². The maximum absolute atomic E-state index is 12.0. The Morgan fingerprint density at radius 2 is 2.04 bits per heavy atom. The number of nitrogens with one attached hydrogen (secondary N) is 1. The zero-order valence-electron chi connectivity index (χ0n) is 15.0. The molecule has 1 aliphatic rings. The van der Waals surface area contributed by atoms with Crippen molar-refractivity contribution in [1.29, 1.82) is 0 Å². The van der Waals surface area contributed by atoms with Gasteiger partial charge in [-0.05, 0) is 37.9 Å². The molecule has 0 spiro atoms. The normalized spacial score (nSPS) is 17.8. The topological polar surface area (TPSA) is 72.2 Å². The molecule has 2 aromatic heterocycles. The van der Waals surface area contributed by atoms with E-state index < -0.39 is 0 Å². The van der Waals surface area contributed by atoms with E-state index in [0.29, 0.717) is 12.5 Å². The third-order valence-corrected chi connectivity index (χ3v) is 4.84. The minimum atomic E-state index is -0.273. The zero-order valence-corrected chi connectivity index (χ0v) is 15.0. The first-order chi connectivity index (χ1) is 11.9. The van der Waals surface area contributed by atoms with E-state index in [-0.39, 0.29) is 11.2 Å². The zero-order chi connectivity index (χ0) is 18.0. The Balaban J connectivity index is 1.58. The summed E-state index contributed by atoms with van der Waals surface area (Å²) in [6, 6.07) is 7.53. The van der Waals surface area contributed by atoms with Gasteiger partial charge in [0.25, 0.3) is 5.56 Å². The van der Waals surface area contributed by atoms with Crippen molar-refractivity contribution in [1.82, 2.24) is 19.0 Å². The molecule has 134 valence electrons. The quantitative estimate of drug-likeness (QED) is 0.866. The second-order valence-electron chi connectivity index (χ2n) is 6.81. The Labute approximate surface area is 146 Å². The van der Waals surface area contributed by atoms with E-state index in [1.54, 1.807) is 17.7 Å². The van der Waals surface area contributed by atoms with Crippen LogP contribution >= 0.6 is 0 Å². The van der Waals surface area contributed by atoms with Crippen molar-refractivity contribution in [3.05, 3.63) is 56.5 Å². The predicted octanol–water partition coefficient (Wildman–Crippen LogP) is 0.721. The van der Waals surface area contributed by atoms with Gasteiger partial charge in [-0.1, -0.05) is 6.07 Å². The highest BCUT2D eigenvalue weighted by Gasteiger charge is 2.23. The minimum absolute atomic E-state index is 0.249. The second-order valence-corrected chi connectivity index (χ2v) is 6.81. The summed E-state index contributed by atoms with van der Waals surface area (Å²) in [4.78, 5) is 30.6. The Morgan fingerprint density at radius 3 is 2.80 bits per heavy atom. The molecule has 1 N–H and O–H groups in total. The van der Waals surface area contributed by atoms with E-state index in [0.717, 1.165) is 47.8 Å². The van der Waals surface area contributed by atoms with E-state index in [4.69, 9.17) is 0 Å². The number of pyridine rings is 1. The third kappa shape index (κ3) is 3.99. The minimum Gasteiger partial charge on any atom is -0.370 e. The number of rotatable bonds is 5. The van der Waals surface area contributed by atoms with Crippen LogP contribution in [-0.4, -0.2) is 38.7 Å². The SMILES string of the molecule is Cc1cccc(NCC2CCN(Cc3cc(=O)n(C)c(=O)n3C)C2)n1. The van der Waals surface area contributed by atoms with Crippen LogP contribution in [0.25, 0.3) is 0 Å². The Hall–Kier alpha value is -2.41. The lowest BCUT2D eigenvalue weighted by molar-refractivity contribution is 0.308. The van der Waals surface area contributed by atoms with Crippen LogP contribution in [0.2, 0.25) is 0 Å². The number of hydrogen-bond donors (Lipinski definition) is 1. The fourth-order valence-corrected chi connectivity index (χ4v) is 3.27. The van der Waals surface area contributed by atoms with E-state index in [1.165, 1.54) is 7.05 Å². The van der Waals surface area contributed by atoms with Gasteiger partial charge in [0, 0.05) is 51.2 Å². The number of anilines is 1. The summed E-state index contributed by atoms with van der Waals surface area (Å²) < 4.78 is 2.69. The van der Waals surface area contributed by atoms with E-state index in [2.05, 4.69) is 15.2 Å². The van der Waals surface area contributed by atoms with Crippen LogP contribution in [0.3, 0.4) is 0 Å². The van der Waals surface area contributed by atoms with Crippen LogP contribution in [-0.2, 0) is 20.6 Å². The summed E-state index contributed by atoms with van der Waals surface area (Å²) in [5, 5.41) is 3.40. The maximum Gasteiger partial charge on any atom is 0.330 e.